The minimum atomic E-state index is 0.292. The highest BCUT2D eigenvalue weighted by Gasteiger charge is 2.32. The Morgan fingerprint density at radius 2 is 2.14 bits per heavy atom. The number of rotatable bonds is 4. The van der Waals surface area contributed by atoms with E-state index >= 15 is 0 Å². The highest BCUT2D eigenvalue weighted by molar-refractivity contribution is 5.38. The summed E-state index contributed by atoms with van der Waals surface area (Å²) in [6.45, 7) is 7.86. The summed E-state index contributed by atoms with van der Waals surface area (Å²) in [5, 5.41) is 8.08. The minimum absolute atomic E-state index is 0.292. The normalized spacial score (nSPS) is 21.8. The highest BCUT2D eigenvalue weighted by atomic mass is 15.3. The number of benzene rings is 1. The number of nitrogens with one attached hydrogen (secondary N) is 1. The molecule has 112 valence electrons. The summed E-state index contributed by atoms with van der Waals surface area (Å²) in [5.41, 5.74) is 3.26. The van der Waals surface area contributed by atoms with Gasteiger partial charge < -0.3 is 5.32 Å². The Labute approximate surface area is 127 Å². The van der Waals surface area contributed by atoms with Gasteiger partial charge in [0.2, 0.25) is 0 Å². The van der Waals surface area contributed by atoms with Crippen LogP contribution in [0, 0.1) is 0 Å². The fourth-order valence-corrected chi connectivity index (χ4v) is 3.47. The van der Waals surface area contributed by atoms with Crippen LogP contribution in [0.3, 0.4) is 0 Å². The van der Waals surface area contributed by atoms with Crippen molar-refractivity contribution < 1.29 is 0 Å². The highest BCUT2D eigenvalue weighted by Crippen LogP contribution is 2.41. The summed E-state index contributed by atoms with van der Waals surface area (Å²) >= 11 is 0. The number of hydrogen-bond acceptors (Lipinski definition) is 2. The average Bonchev–Trinajstić information content (AvgIpc) is 2.95. The van der Waals surface area contributed by atoms with Crippen LogP contribution in [0.2, 0.25) is 0 Å². The summed E-state index contributed by atoms with van der Waals surface area (Å²) in [7, 11) is 0. The zero-order valence-corrected chi connectivity index (χ0v) is 13.2. The van der Waals surface area contributed by atoms with Gasteiger partial charge in [0.1, 0.15) is 0 Å². The quantitative estimate of drug-likeness (QED) is 0.927. The third-order valence-corrected chi connectivity index (χ3v) is 4.63. The van der Waals surface area contributed by atoms with E-state index in [0.717, 1.165) is 6.54 Å². The molecule has 0 radical (unpaired) electrons. The zero-order chi connectivity index (χ0) is 14.9. The lowest BCUT2D eigenvalue weighted by molar-refractivity contribution is 0.322. The number of hydrogen-bond donors (Lipinski definition) is 1. The Morgan fingerprint density at radius 1 is 1.33 bits per heavy atom. The van der Waals surface area contributed by atoms with E-state index in [1.165, 1.54) is 24.0 Å². The van der Waals surface area contributed by atoms with Crippen LogP contribution >= 0.6 is 0 Å². The molecule has 3 heteroatoms. The summed E-state index contributed by atoms with van der Waals surface area (Å²) in [6, 6.07) is 11.7. The Morgan fingerprint density at radius 3 is 2.90 bits per heavy atom. The van der Waals surface area contributed by atoms with Gasteiger partial charge in [-0.25, -0.2) is 0 Å². The molecule has 0 saturated heterocycles. The van der Waals surface area contributed by atoms with Crippen molar-refractivity contribution in [1.29, 1.82) is 0 Å². The number of fused-ring (bicyclic) bond motifs is 1. The van der Waals surface area contributed by atoms with Crippen molar-refractivity contribution in [3.8, 4) is 0 Å². The van der Waals surface area contributed by atoms with Crippen LogP contribution < -0.4 is 5.32 Å². The van der Waals surface area contributed by atoms with E-state index in [4.69, 9.17) is 0 Å². The van der Waals surface area contributed by atoms with Gasteiger partial charge in [0.05, 0.1) is 6.54 Å². The van der Waals surface area contributed by atoms with Crippen LogP contribution in [0.1, 0.15) is 50.8 Å². The first-order chi connectivity index (χ1) is 10.1. The molecule has 0 bridgehead atoms. The van der Waals surface area contributed by atoms with Gasteiger partial charge in [-0.2, -0.15) is 5.10 Å². The van der Waals surface area contributed by atoms with Crippen LogP contribution in [0.4, 0.5) is 0 Å². The van der Waals surface area contributed by atoms with Crippen LogP contribution in [-0.4, -0.2) is 15.8 Å². The molecule has 3 rings (SSSR count). The molecule has 1 aromatic carbocycles. The molecular formula is C18H25N3. The van der Waals surface area contributed by atoms with Crippen molar-refractivity contribution in [3.63, 3.8) is 0 Å². The van der Waals surface area contributed by atoms with E-state index in [1.807, 2.05) is 23.1 Å². The number of aromatic nitrogens is 2. The third-order valence-electron chi connectivity index (χ3n) is 4.63. The molecule has 2 aromatic rings. The molecule has 1 N–H and O–H groups in total. The van der Waals surface area contributed by atoms with Crippen molar-refractivity contribution in [1.82, 2.24) is 15.1 Å². The maximum Gasteiger partial charge on any atom is 0.0560 e. The van der Waals surface area contributed by atoms with Gasteiger partial charge in [0, 0.05) is 24.5 Å². The molecule has 3 nitrogen and oxygen atoms in total. The van der Waals surface area contributed by atoms with Gasteiger partial charge in [0.25, 0.3) is 0 Å². The first-order valence-corrected chi connectivity index (χ1v) is 7.89. The molecule has 2 atom stereocenters. The second kappa shape index (κ2) is 5.64. The number of nitrogens with zero attached hydrogens (tertiary/aromatic N) is 2. The van der Waals surface area contributed by atoms with Crippen molar-refractivity contribution in [2.24, 2.45) is 0 Å². The van der Waals surface area contributed by atoms with E-state index in [2.05, 4.69) is 55.5 Å². The van der Waals surface area contributed by atoms with E-state index in [9.17, 15) is 0 Å². The lowest BCUT2D eigenvalue weighted by Gasteiger charge is -2.38. The Balaban J connectivity index is 1.74. The monoisotopic (exact) mass is 283 g/mol. The van der Waals surface area contributed by atoms with Gasteiger partial charge in [-0.1, -0.05) is 38.1 Å². The molecular weight excluding hydrogens is 258 g/mol. The maximum absolute atomic E-state index is 4.29. The first-order valence-electron chi connectivity index (χ1n) is 7.89. The summed E-state index contributed by atoms with van der Waals surface area (Å²) in [5.74, 6) is 0. The summed E-state index contributed by atoms with van der Waals surface area (Å²) in [4.78, 5) is 0. The molecule has 1 aromatic heterocycles. The molecule has 0 amide bonds. The predicted molar refractivity (Wildman–Crippen MR) is 86.3 cm³/mol. The van der Waals surface area contributed by atoms with Crippen LogP contribution in [-0.2, 0) is 12.0 Å². The van der Waals surface area contributed by atoms with Gasteiger partial charge in [0.15, 0.2) is 0 Å². The molecule has 0 saturated carbocycles. The summed E-state index contributed by atoms with van der Waals surface area (Å²) in [6.07, 6.45) is 6.30. The molecule has 0 fully saturated rings. The third kappa shape index (κ3) is 3.03. The Hall–Kier alpha value is -1.61. The topological polar surface area (TPSA) is 29.9 Å². The fraction of sp³-hybridized carbons (Fsp3) is 0.500. The second-order valence-corrected chi connectivity index (χ2v) is 6.86. The maximum atomic E-state index is 4.29. The SMILES string of the molecule is CC(Cn1cccn1)NC1CCC(C)(C)c2ccccc21. The van der Waals surface area contributed by atoms with Gasteiger partial charge in [-0.15, -0.1) is 0 Å². The average molecular weight is 283 g/mol. The van der Waals surface area contributed by atoms with Crippen molar-refractivity contribution >= 4 is 0 Å². The Bertz CT molecular complexity index is 586. The van der Waals surface area contributed by atoms with E-state index < -0.39 is 0 Å². The van der Waals surface area contributed by atoms with Crippen molar-refractivity contribution in [2.75, 3.05) is 0 Å². The summed E-state index contributed by atoms with van der Waals surface area (Å²) < 4.78 is 2.00. The largest absolute Gasteiger partial charge is 0.306 e. The molecule has 1 aliphatic rings. The lowest BCUT2D eigenvalue weighted by Crippen LogP contribution is -2.38. The van der Waals surface area contributed by atoms with E-state index in [-0.39, 0.29) is 0 Å². The lowest BCUT2D eigenvalue weighted by atomic mass is 9.71. The van der Waals surface area contributed by atoms with Gasteiger partial charge in [-0.05, 0) is 42.4 Å². The molecule has 0 spiro atoms. The van der Waals surface area contributed by atoms with Crippen LogP contribution in [0.5, 0.6) is 0 Å². The predicted octanol–water partition coefficient (Wildman–Crippen LogP) is 3.67. The van der Waals surface area contributed by atoms with Crippen molar-refractivity contribution in [2.45, 2.75) is 57.7 Å². The van der Waals surface area contributed by atoms with E-state index in [1.54, 1.807) is 0 Å². The smallest absolute Gasteiger partial charge is 0.0560 e. The standard InChI is InChI=1S/C18H25N3/c1-14(13-21-12-6-11-19-21)20-17-9-10-18(2,3)16-8-5-4-7-15(16)17/h4-8,11-12,14,17,20H,9-10,13H2,1-3H3. The fourth-order valence-electron chi connectivity index (χ4n) is 3.47. The van der Waals surface area contributed by atoms with E-state index in [0.29, 0.717) is 17.5 Å². The molecule has 0 aliphatic heterocycles. The van der Waals surface area contributed by atoms with Crippen LogP contribution in [0.25, 0.3) is 0 Å². The minimum Gasteiger partial charge on any atom is -0.306 e. The molecule has 2 unspecified atom stereocenters. The first kappa shape index (κ1) is 14.3. The molecule has 1 aliphatic carbocycles. The Kier molecular flexibility index (Phi) is 3.85. The second-order valence-electron chi connectivity index (χ2n) is 6.86. The molecule has 1 heterocycles. The van der Waals surface area contributed by atoms with Crippen LogP contribution in [0.15, 0.2) is 42.7 Å². The van der Waals surface area contributed by atoms with Crippen molar-refractivity contribution in [3.05, 3.63) is 53.9 Å². The molecule has 21 heavy (non-hydrogen) atoms. The van der Waals surface area contributed by atoms with Gasteiger partial charge >= 0.3 is 0 Å². The zero-order valence-electron chi connectivity index (χ0n) is 13.2. The van der Waals surface area contributed by atoms with Gasteiger partial charge in [-0.3, -0.25) is 4.68 Å².